The number of primary amides is 1. The van der Waals surface area contributed by atoms with E-state index < -0.39 is 66.2 Å². The van der Waals surface area contributed by atoms with Crippen LogP contribution in [0.3, 0.4) is 0 Å². The second kappa shape index (κ2) is 17.8. The van der Waals surface area contributed by atoms with Gasteiger partial charge in [0.15, 0.2) is 5.96 Å². The average Bonchev–Trinajstić information content (AvgIpc) is 2.80. The predicted octanol–water partition coefficient (Wildman–Crippen LogP) is -3.60. The number of thioether (sulfide) groups is 1. The van der Waals surface area contributed by atoms with Gasteiger partial charge in [-0.3, -0.25) is 29.0 Å². The normalized spacial score (nSPS) is 13.8. The fourth-order valence-electron chi connectivity index (χ4n) is 2.91. The van der Waals surface area contributed by atoms with Gasteiger partial charge in [0.05, 0.1) is 12.5 Å². The molecule has 0 spiro atoms. The summed E-state index contributed by atoms with van der Waals surface area (Å²) in [5.41, 5.74) is 21.3. The Balaban J connectivity index is 5.60. The van der Waals surface area contributed by atoms with E-state index in [-0.39, 0.29) is 44.6 Å². The zero-order valence-electron chi connectivity index (χ0n) is 20.5. The molecule has 0 radical (unpaired) electrons. The third-order valence-corrected chi connectivity index (χ3v) is 5.49. The van der Waals surface area contributed by atoms with E-state index >= 15 is 0 Å². The van der Waals surface area contributed by atoms with Crippen LogP contribution in [0.1, 0.15) is 38.5 Å². The van der Waals surface area contributed by atoms with E-state index in [0.29, 0.717) is 5.75 Å². The molecule has 37 heavy (non-hydrogen) atoms. The highest BCUT2D eigenvalue weighted by molar-refractivity contribution is 7.98. The quantitative estimate of drug-likeness (QED) is 0.0429. The van der Waals surface area contributed by atoms with Gasteiger partial charge in [-0.25, -0.2) is 4.79 Å². The number of hydrogen-bond acceptors (Lipinski definition) is 9. The Morgan fingerprint density at radius 3 is 1.86 bits per heavy atom. The molecule has 13 N–H and O–H groups in total. The largest absolute Gasteiger partial charge is 0.481 e. The molecule has 0 aliphatic rings. The van der Waals surface area contributed by atoms with Crippen LogP contribution in [0.4, 0.5) is 0 Å². The van der Waals surface area contributed by atoms with Crippen molar-refractivity contribution in [1.29, 1.82) is 0 Å². The van der Waals surface area contributed by atoms with Crippen molar-refractivity contribution in [3.8, 4) is 0 Å². The minimum atomic E-state index is -1.62. The van der Waals surface area contributed by atoms with E-state index in [2.05, 4.69) is 20.9 Å². The molecule has 0 aliphatic heterocycles. The Kier molecular flexibility index (Phi) is 16.0. The number of nitrogens with zero attached hydrogens (tertiary/aromatic N) is 1. The number of aliphatic carboxylic acids is 2. The number of carbonyl (C=O) groups is 6. The van der Waals surface area contributed by atoms with Gasteiger partial charge in [-0.2, -0.15) is 11.8 Å². The fourth-order valence-corrected chi connectivity index (χ4v) is 3.38. The molecule has 4 atom stereocenters. The summed E-state index contributed by atoms with van der Waals surface area (Å²) in [7, 11) is 0. The Labute approximate surface area is 217 Å². The molecular weight excluding hydrogens is 512 g/mol. The van der Waals surface area contributed by atoms with Crippen LogP contribution in [0.25, 0.3) is 0 Å². The van der Waals surface area contributed by atoms with Crippen molar-refractivity contribution in [1.82, 2.24) is 16.0 Å². The van der Waals surface area contributed by atoms with Crippen molar-refractivity contribution in [2.24, 2.45) is 27.9 Å². The topological polar surface area (TPSA) is 295 Å². The third kappa shape index (κ3) is 15.2. The van der Waals surface area contributed by atoms with E-state index in [4.69, 9.17) is 28.0 Å². The van der Waals surface area contributed by atoms with Gasteiger partial charge in [-0.1, -0.05) is 0 Å². The van der Waals surface area contributed by atoms with Crippen LogP contribution in [0, 0.1) is 0 Å². The summed E-state index contributed by atoms with van der Waals surface area (Å²) in [6.07, 6.45) is 0.974. The number of nitrogens with two attached hydrogens (primary N) is 4. The van der Waals surface area contributed by atoms with E-state index in [1.54, 1.807) is 6.26 Å². The SMILES string of the molecule is CSCCC(NC(=O)C(N)CCC(=O)O)C(=O)NC(CCCN=C(N)N)C(=O)NC(CC(N)=O)C(=O)O. The number of carboxylic acid groups (broad SMARTS) is 2. The monoisotopic (exact) mass is 548 g/mol. The minimum absolute atomic E-state index is 0.0153. The molecule has 210 valence electrons. The first kappa shape index (κ1) is 33.4. The molecule has 0 bridgehead atoms. The van der Waals surface area contributed by atoms with Crippen LogP contribution < -0.4 is 38.9 Å². The maximum absolute atomic E-state index is 13.0. The van der Waals surface area contributed by atoms with Gasteiger partial charge in [-0.15, -0.1) is 0 Å². The van der Waals surface area contributed by atoms with Crippen LogP contribution in [0.5, 0.6) is 0 Å². The van der Waals surface area contributed by atoms with Crippen LogP contribution in [0.2, 0.25) is 0 Å². The van der Waals surface area contributed by atoms with Crippen LogP contribution in [-0.2, 0) is 28.8 Å². The summed E-state index contributed by atoms with van der Waals surface area (Å²) >= 11 is 1.39. The molecule has 16 nitrogen and oxygen atoms in total. The van der Waals surface area contributed by atoms with Crippen molar-refractivity contribution in [3.63, 3.8) is 0 Å². The molecule has 0 rings (SSSR count). The van der Waals surface area contributed by atoms with Crippen LogP contribution >= 0.6 is 11.8 Å². The molecule has 0 heterocycles. The number of rotatable bonds is 19. The summed E-state index contributed by atoms with van der Waals surface area (Å²) in [6, 6.07) is -5.19. The number of carbonyl (C=O) groups excluding carboxylic acids is 4. The highest BCUT2D eigenvalue weighted by Crippen LogP contribution is 2.06. The van der Waals surface area contributed by atoms with Gasteiger partial charge in [-0.05, 0) is 37.7 Å². The van der Waals surface area contributed by atoms with E-state index in [1.807, 2.05) is 0 Å². The third-order valence-electron chi connectivity index (χ3n) is 4.85. The van der Waals surface area contributed by atoms with Crippen LogP contribution in [0.15, 0.2) is 4.99 Å². The summed E-state index contributed by atoms with van der Waals surface area (Å²) in [4.78, 5) is 75.3. The molecule has 4 amide bonds. The lowest BCUT2D eigenvalue weighted by Gasteiger charge is -2.25. The van der Waals surface area contributed by atoms with Gasteiger partial charge in [0.25, 0.3) is 0 Å². The first-order valence-electron chi connectivity index (χ1n) is 11.2. The van der Waals surface area contributed by atoms with Crippen LogP contribution in [-0.4, -0.2) is 94.5 Å². The van der Waals surface area contributed by atoms with Crippen molar-refractivity contribution in [2.45, 2.75) is 62.7 Å². The summed E-state index contributed by atoms with van der Waals surface area (Å²) in [5.74, 6) is -5.73. The molecular formula is C20H36N8O8S. The number of guanidine groups is 1. The van der Waals surface area contributed by atoms with E-state index in [0.717, 1.165) is 0 Å². The molecule has 17 heteroatoms. The zero-order chi connectivity index (χ0) is 28.5. The fraction of sp³-hybridized carbons (Fsp3) is 0.650. The number of carboxylic acids is 2. The number of amides is 4. The molecule has 0 aliphatic carbocycles. The standard InChI is InChI=1S/C20H36N8O8S/c1-37-8-6-12(26-16(32)10(21)4-5-15(30)31)18(34)27-11(3-2-7-25-20(23)24)17(33)28-13(19(35)36)9-14(22)29/h10-13H,2-9,21H2,1H3,(H2,22,29)(H,26,32)(H,27,34)(H,28,33)(H,30,31)(H,35,36)(H4,23,24,25). The second-order valence-electron chi connectivity index (χ2n) is 7.96. The highest BCUT2D eigenvalue weighted by atomic mass is 32.2. The maximum atomic E-state index is 13.0. The van der Waals surface area contributed by atoms with E-state index in [9.17, 15) is 33.9 Å². The average molecular weight is 549 g/mol. The zero-order valence-corrected chi connectivity index (χ0v) is 21.3. The second-order valence-corrected chi connectivity index (χ2v) is 8.95. The maximum Gasteiger partial charge on any atom is 0.326 e. The molecule has 0 saturated heterocycles. The number of aliphatic imine (C=N–C) groups is 1. The molecule has 0 aromatic rings. The van der Waals surface area contributed by atoms with Gasteiger partial charge in [0.1, 0.15) is 18.1 Å². The predicted molar refractivity (Wildman–Crippen MR) is 135 cm³/mol. The van der Waals surface area contributed by atoms with Gasteiger partial charge >= 0.3 is 11.9 Å². The molecule has 0 fully saturated rings. The molecule has 4 unspecified atom stereocenters. The van der Waals surface area contributed by atoms with Gasteiger partial charge < -0.3 is 49.1 Å². The Morgan fingerprint density at radius 2 is 1.38 bits per heavy atom. The van der Waals surface area contributed by atoms with E-state index in [1.165, 1.54) is 11.8 Å². The van der Waals surface area contributed by atoms with Gasteiger partial charge in [0, 0.05) is 13.0 Å². The lowest BCUT2D eigenvalue weighted by molar-refractivity contribution is -0.144. The summed E-state index contributed by atoms with van der Waals surface area (Å²) in [6.45, 7) is 0.108. The first-order chi connectivity index (χ1) is 17.3. The highest BCUT2D eigenvalue weighted by Gasteiger charge is 2.30. The lowest BCUT2D eigenvalue weighted by Crippen LogP contribution is -2.57. The Hall–Kier alpha value is -3.60. The van der Waals surface area contributed by atoms with Gasteiger partial charge in [0.2, 0.25) is 23.6 Å². The number of nitrogens with one attached hydrogen (secondary N) is 3. The molecule has 0 saturated carbocycles. The summed E-state index contributed by atoms with van der Waals surface area (Å²) in [5, 5.41) is 25.1. The molecule has 0 aromatic heterocycles. The van der Waals surface area contributed by atoms with Crippen molar-refractivity contribution in [3.05, 3.63) is 0 Å². The van der Waals surface area contributed by atoms with Crippen molar-refractivity contribution >= 4 is 53.3 Å². The molecule has 0 aromatic carbocycles. The number of hydrogen-bond donors (Lipinski definition) is 9. The Bertz CT molecular complexity index is 852. The first-order valence-corrected chi connectivity index (χ1v) is 12.6. The lowest BCUT2D eigenvalue weighted by atomic mass is 10.1. The smallest absolute Gasteiger partial charge is 0.326 e. The van der Waals surface area contributed by atoms with Crippen molar-refractivity contribution in [2.75, 3.05) is 18.6 Å². The minimum Gasteiger partial charge on any atom is -0.481 e. The summed E-state index contributed by atoms with van der Waals surface area (Å²) < 4.78 is 0. The Morgan fingerprint density at radius 1 is 0.838 bits per heavy atom. The van der Waals surface area contributed by atoms with Crippen molar-refractivity contribution < 1.29 is 39.0 Å².